The van der Waals surface area contributed by atoms with Crippen molar-refractivity contribution in [2.75, 3.05) is 12.4 Å². The monoisotopic (exact) mass is 529 g/mol. The Morgan fingerprint density at radius 3 is 2.21 bits per heavy atom. The molecule has 2 heterocycles. The van der Waals surface area contributed by atoms with E-state index in [0.29, 0.717) is 33.5 Å². The predicted octanol–water partition coefficient (Wildman–Crippen LogP) is 5.71. The fourth-order valence-corrected chi connectivity index (χ4v) is 12.6. The van der Waals surface area contributed by atoms with Gasteiger partial charge in [-0.1, -0.05) is 85.4 Å². The molecule has 1 amide bonds. The first-order valence-corrected chi connectivity index (χ1v) is 16.0. The number of ether oxygens (including phenoxy) is 2. The summed E-state index contributed by atoms with van der Waals surface area (Å²) in [5, 5.41) is 0. The number of rotatable bonds is 10. The molecule has 194 valence electrons. The zero-order valence-electron chi connectivity index (χ0n) is 22.2. The third kappa shape index (κ3) is 6.72. The van der Waals surface area contributed by atoms with Crippen LogP contribution in [-0.4, -0.2) is 66.1 Å². The van der Waals surface area contributed by atoms with Gasteiger partial charge in [0.2, 0.25) is 5.91 Å². The van der Waals surface area contributed by atoms with E-state index in [1.54, 1.807) is 16.7 Å². The van der Waals surface area contributed by atoms with E-state index < -0.39 is 26.6 Å². The molecule has 9 heteroatoms. The summed E-state index contributed by atoms with van der Waals surface area (Å²) < 4.78 is 19.3. The highest BCUT2D eigenvalue weighted by Gasteiger charge is 2.46. The summed E-state index contributed by atoms with van der Waals surface area (Å²) in [4.78, 5) is 26.7. The highest BCUT2D eigenvalue weighted by Crippen LogP contribution is 2.42. The molecule has 0 saturated carbocycles. The number of nitrogens with zero attached hydrogens (tertiary/aromatic N) is 1. The van der Waals surface area contributed by atoms with Crippen molar-refractivity contribution < 1.29 is 23.5 Å². The van der Waals surface area contributed by atoms with Crippen LogP contribution in [0.3, 0.4) is 0 Å². The zero-order chi connectivity index (χ0) is 25.8. The van der Waals surface area contributed by atoms with Gasteiger partial charge in [-0.15, -0.1) is 0 Å². The summed E-state index contributed by atoms with van der Waals surface area (Å²) in [5.74, 6) is 0.776. The molecule has 0 aliphatic carbocycles. The third-order valence-electron chi connectivity index (χ3n) is 7.06. The Morgan fingerprint density at radius 2 is 1.71 bits per heavy atom. The third-order valence-corrected chi connectivity index (χ3v) is 14.6. The van der Waals surface area contributed by atoms with E-state index in [2.05, 4.69) is 55.4 Å². The van der Waals surface area contributed by atoms with E-state index in [1.165, 1.54) is 6.92 Å². The first-order valence-electron chi connectivity index (χ1n) is 12.4. The molecular weight excluding hydrogens is 486 g/mol. The molecule has 34 heavy (non-hydrogen) atoms. The van der Waals surface area contributed by atoms with Gasteiger partial charge in [-0.3, -0.25) is 14.5 Å². The van der Waals surface area contributed by atoms with Crippen LogP contribution in [-0.2, 0) is 23.5 Å². The Balaban J connectivity index is 2.18. The van der Waals surface area contributed by atoms with E-state index in [9.17, 15) is 9.59 Å². The lowest BCUT2D eigenvalue weighted by Crippen LogP contribution is -2.51. The van der Waals surface area contributed by atoms with Crippen LogP contribution in [0.25, 0.3) is 0 Å². The topological polar surface area (TPSA) is 65.1 Å². The number of thioether (sulfide) groups is 1. The Hall–Kier alpha value is -0.743. The van der Waals surface area contributed by atoms with Crippen molar-refractivity contribution in [2.24, 2.45) is 5.92 Å². The number of esters is 1. The van der Waals surface area contributed by atoms with Crippen molar-refractivity contribution in [1.82, 2.24) is 4.90 Å². The van der Waals surface area contributed by atoms with Crippen LogP contribution in [0.2, 0.25) is 16.6 Å². The fraction of sp³-hybridized carbons (Fsp3) is 0.800. The SMILES string of the molecule is CC(=O)O[C@H]1C=C[C@@H](CC(=O)N2C(=S)SC[C@@H]2C(C)C)O[C@@H]1CO[Si](C(C)C)(C(C)C)C(C)C. The van der Waals surface area contributed by atoms with Gasteiger partial charge in [-0.2, -0.15) is 0 Å². The van der Waals surface area contributed by atoms with Crippen LogP contribution in [0.1, 0.15) is 68.7 Å². The first kappa shape index (κ1) is 29.5. The Kier molecular flexibility index (Phi) is 10.8. The molecule has 0 aromatic heterocycles. The van der Waals surface area contributed by atoms with Crippen LogP contribution in [0.5, 0.6) is 0 Å². The number of amides is 1. The van der Waals surface area contributed by atoms with Crippen molar-refractivity contribution in [3.8, 4) is 0 Å². The molecule has 0 N–H and O–H groups in total. The van der Waals surface area contributed by atoms with Crippen molar-refractivity contribution in [3.63, 3.8) is 0 Å². The lowest BCUT2D eigenvalue weighted by Gasteiger charge is -2.44. The van der Waals surface area contributed by atoms with Crippen LogP contribution < -0.4 is 0 Å². The van der Waals surface area contributed by atoms with Crippen LogP contribution in [0, 0.1) is 5.92 Å². The molecule has 0 spiro atoms. The summed E-state index contributed by atoms with van der Waals surface area (Å²) in [6.07, 6.45) is 2.46. The van der Waals surface area contributed by atoms with E-state index >= 15 is 0 Å². The van der Waals surface area contributed by atoms with Crippen molar-refractivity contribution in [2.45, 2.75) is 110 Å². The normalized spacial score (nSPS) is 25.8. The standard InChI is InChI=1S/C25H43NO5S2Si/c1-15(2)21-14-33-25(32)26(21)24(28)12-20-10-11-22(30-19(9)27)23(31-20)13-29-34(16(3)4,17(5)6)18(7)8/h10-11,15-18,20-23H,12-14H2,1-9H3/t20-,21+,22-,23+/m0/s1. The average molecular weight is 530 g/mol. The average Bonchev–Trinajstić information content (AvgIpc) is 3.11. The van der Waals surface area contributed by atoms with Gasteiger partial charge in [0.1, 0.15) is 16.5 Å². The highest BCUT2D eigenvalue weighted by molar-refractivity contribution is 8.23. The van der Waals surface area contributed by atoms with E-state index in [4.69, 9.17) is 26.1 Å². The van der Waals surface area contributed by atoms with E-state index in [0.717, 1.165) is 5.75 Å². The largest absolute Gasteiger partial charge is 0.455 e. The molecule has 0 unspecified atom stereocenters. The summed E-state index contributed by atoms with van der Waals surface area (Å²) in [6, 6.07) is 0.111. The Bertz CT molecular complexity index is 749. The summed E-state index contributed by atoms with van der Waals surface area (Å²) in [5.41, 5.74) is 1.29. The van der Waals surface area contributed by atoms with Gasteiger partial charge in [0.15, 0.2) is 8.32 Å². The van der Waals surface area contributed by atoms with Gasteiger partial charge in [-0.05, 0) is 28.6 Å². The fourth-order valence-electron chi connectivity index (χ4n) is 5.47. The second-order valence-corrected chi connectivity index (χ2v) is 17.8. The molecule has 1 saturated heterocycles. The quantitative estimate of drug-likeness (QED) is 0.155. The zero-order valence-corrected chi connectivity index (χ0v) is 24.8. The second kappa shape index (κ2) is 12.5. The summed E-state index contributed by atoms with van der Waals surface area (Å²) in [6.45, 7) is 19.4. The summed E-state index contributed by atoms with van der Waals surface area (Å²) in [7, 11) is -2.13. The van der Waals surface area contributed by atoms with E-state index in [1.807, 2.05) is 12.2 Å². The van der Waals surface area contributed by atoms with Gasteiger partial charge < -0.3 is 13.9 Å². The number of carbonyl (C=O) groups is 2. The van der Waals surface area contributed by atoms with Gasteiger partial charge in [-0.25, -0.2) is 0 Å². The van der Waals surface area contributed by atoms with Crippen LogP contribution >= 0.6 is 24.0 Å². The molecular formula is C25H43NO5S2Si. The molecule has 1 fully saturated rings. The molecule has 4 atom stereocenters. The molecule has 2 aliphatic heterocycles. The minimum Gasteiger partial charge on any atom is -0.455 e. The molecule has 6 nitrogen and oxygen atoms in total. The molecule has 0 radical (unpaired) electrons. The van der Waals surface area contributed by atoms with Gasteiger partial charge in [0.25, 0.3) is 0 Å². The summed E-state index contributed by atoms with van der Waals surface area (Å²) >= 11 is 7.03. The lowest BCUT2D eigenvalue weighted by molar-refractivity contribution is -0.158. The first-order chi connectivity index (χ1) is 15.8. The number of hydrogen-bond acceptors (Lipinski definition) is 7. The minimum atomic E-state index is -2.13. The molecule has 0 aromatic carbocycles. The molecule has 2 aliphatic rings. The number of thiocarbonyl (C=S) groups is 1. The van der Waals surface area contributed by atoms with Crippen molar-refractivity contribution >= 4 is 48.5 Å². The van der Waals surface area contributed by atoms with Crippen LogP contribution in [0.15, 0.2) is 12.2 Å². The molecule has 0 bridgehead atoms. The van der Waals surface area contributed by atoms with Gasteiger partial charge in [0, 0.05) is 18.7 Å². The van der Waals surface area contributed by atoms with Crippen molar-refractivity contribution in [1.29, 1.82) is 0 Å². The molecule has 2 rings (SSSR count). The maximum absolute atomic E-state index is 13.2. The highest BCUT2D eigenvalue weighted by atomic mass is 32.2. The van der Waals surface area contributed by atoms with Gasteiger partial charge in [0.05, 0.1) is 19.1 Å². The van der Waals surface area contributed by atoms with E-state index in [-0.39, 0.29) is 24.3 Å². The smallest absolute Gasteiger partial charge is 0.303 e. The van der Waals surface area contributed by atoms with Gasteiger partial charge >= 0.3 is 5.97 Å². The maximum Gasteiger partial charge on any atom is 0.303 e. The van der Waals surface area contributed by atoms with Crippen LogP contribution in [0.4, 0.5) is 0 Å². The number of hydrogen-bond donors (Lipinski definition) is 0. The Labute approximate surface area is 216 Å². The predicted molar refractivity (Wildman–Crippen MR) is 145 cm³/mol. The lowest BCUT2D eigenvalue weighted by atomic mass is 10.0. The number of carbonyl (C=O) groups excluding carboxylic acids is 2. The maximum atomic E-state index is 13.2. The minimum absolute atomic E-state index is 0.0239. The van der Waals surface area contributed by atoms with Crippen molar-refractivity contribution in [3.05, 3.63) is 12.2 Å². The Morgan fingerprint density at radius 1 is 1.12 bits per heavy atom. The second-order valence-electron chi connectivity index (χ2n) is 10.7. The molecule has 0 aromatic rings.